The molecule has 6 nitrogen and oxygen atoms in total. The number of rotatable bonds is 5. The van der Waals surface area contributed by atoms with E-state index in [9.17, 15) is 9.18 Å². The Morgan fingerprint density at radius 3 is 2.07 bits per heavy atom. The number of halogens is 1. The van der Waals surface area contributed by atoms with E-state index in [1.54, 1.807) is 12.1 Å². The van der Waals surface area contributed by atoms with Gasteiger partial charge in [-0.3, -0.25) is 4.79 Å². The highest BCUT2D eigenvalue weighted by molar-refractivity contribution is 5.79. The first-order chi connectivity index (χ1) is 13.7. The number of hydrogen-bond acceptors (Lipinski definition) is 5. The molecule has 1 N–H and O–H groups in total. The molecule has 7 heteroatoms. The Labute approximate surface area is 164 Å². The Morgan fingerprint density at radius 2 is 1.50 bits per heavy atom. The van der Waals surface area contributed by atoms with Gasteiger partial charge in [-0.1, -0.05) is 12.1 Å². The van der Waals surface area contributed by atoms with Crippen molar-refractivity contribution in [3.8, 4) is 0 Å². The molecule has 0 saturated carbocycles. The van der Waals surface area contributed by atoms with Crippen LogP contribution in [-0.2, 0) is 11.3 Å². The average Bonchev–Trinajstić information content (AvgIpc) is 3.28. The molecule has 3 heterocycles. The van der Waals surface area contributed by atoms with Crippen LogP contribution < -0.4 is 15.1 Å². The predicted molar refractivity (Wildman–Crippen MR) is 107 cm³/mol. The van der Waals surface area contributed by atoms with Gasteiger partial charge in [-0.25, -0.2) is 4.39 Å². The highest BCUT2D eigenvalue weighted by Gasteiger charge is 2.26. The van der Waals surface area contributed by atoms with Crippen LogP contribution in [0.4, 0.5) is 16.0 Å². The van der Waals surface area contributed by atoms with Crippen LogP contribution in [-0.4, -0.2) is 42.3 Å². The first-order valence-electron chi connectivity index (χ1n) is 10.0. The highest BCUT2D eigenvalue weighted by Crippen LogP contribution is 2.24. The number of carbonyl (C=O) groups is 1. The van der Waals surface area contributed by atoms with Gasteiger partial charge in [0, 0.05) is 38.6 Å². The van der Waals surface area contributed by atoms with Crippen LogP contribution in [0.15, 0.2) is 36.4 Å². The van der Waals surface area contributed by atoms with E-state index < -0.39 is 0 Å². The van der Waals surface area contributed by atoms with Gasteiger partial charge in [-0.05, 0) is 55.5 Å². The molecule has 0 bridgehead atoms. The first-order valence-corrected chi connectivity index (χ1v) is 10.0. The number of aromatic nitrogens is 2. The summed E-state index contributed by atoms with van der Waals surface area (Å²) in [5.74, 6) is 1.65. The molecule has 0 radical (unpaired) electrons. The molecule has 1 aromatic carbocycles. The van der Waals surface area contributed by atoms with E-state index in [1.807, 2.05) is 6.07 Å². The minimum absolute atomic E-state index is 0.00790. The lowest BCUT2D eigenvalue weighted by molar-refractivity contribution is -0.125. The molecule has 2 fully saturated rings. The van der Waals surface area contributed by atoms with Gasteiger partial charge in [0.25, 0.3) is 0 Å². The Morgan fingerprint density at radius 1 is 0.929 bits per heavy atom. The summed E-state index contributed by atoms with van der Waals surface area (Å²) in [6.07, 6.45) is 4.04. The Bertz CT molecular complexity index is 781. The summed E-state index contributed by atoms with van der Waals surface area (Å²) in [6.45, 7) is 4.15. The van der Waals surface area contributed by atoms with Crippen LogP contribution in [0.25, 0.3) is 0 Å². The third kappa shape index (κ3) is 4.40. The van der Waals surface area contributed by atoms with Gasteiger partial charge in [-0.15, -0.1) is 10.2 Å². The summed E-state index contributed by atoms with van der Waals surface area (Å²) in [5.41, 5.74) is 0.903. The molecule has 28 heavy (non-hydrogen) atoms. The number of hydrogen-bond donors (Lipinski definition) is 1. The number of carbonyl (C=O) groups excluding carboxylic acids is 1. The SMILES string of the molecule is O=C(NCc1ccc(F)cc1)C1CCN(c2ccc(N3CCCC3)nn2)CC1. The van der Waals surface area contributed by atoms with Crippen LogP contribution in [0.1, 0.15) is 31.2 Å². The Hall–Kier alpha value is -2.70. The van der Waals surface area contributed by atoms with Crippen LogP contribution in [0.2, 0.25) is 0 Å². The lowest BCUT2D eigenvalue weighted by atomic mass is 9.96. The van der Waals surface area contributed by atoms with Crippen LogP contribution in [0, 0.1) is 11.7 Å². The third-order valence-electron chi connectivity index (χ3n) is 5.64. The zero-order chi connectivity index (χ0) is 19.3. The molecule has 0 aliphatic carbocycles. The predicted octanol–water partition coefficient (Wildman–Crippen LogP) is 2.75. The minimum atomic E-state index is -0.265. The highest BCUT2D eigenvalue weighted by atomic mass is 19.1. The smallest absolute Gasteiger partial charge is 0.223 e. The molecule has 0 atom stereocenters. The van der Waals surface area contributed by atoms with Crippen molar-refractivity contribution in [1.82, 2.24) is 15.5 Å². The Balaban J connectivity index is 1.25. The number of anilines is 2. The zero-order valence-electron chi connectivity index (χ0n) is 16.0. The van der Waals surface area contributed by atoms with Gasteiger partial charge in [-0.2, -0.15) is 0 Å². The van der Waals surface area contributed by atoms with E-state index in [-0.39, 0.29) is 17.6 Å². The number of piperidine rings is 1. The van der Waals surface area contributed by atoms with Crippen molar-refractivity contribution >= 4 is 17.5 Å². The second-order valence-corrected chi connectivity index (χ2v) is 7.55. The topological polar surface area (TPSA) is 61.4 Å². The molecule has 4 rings (SSSR count). The molecule has 1 amide bonds. The van der Waals surface area contributed by atoms with Crippen molar-refractivity contribution in [3.63, 3.8) is 0 Å². The molecular weight excluding hydrogens is 357 g/mol. The van der Waals surface area contributed by atoms with Crippen LogP contribution in [0.3, 0.4) is 0 Å². The van der Waals surface area contributed by atoms with Gasteiger partial charge in [0.2, 0.25) is 5.91 Å². The quantitative estimate of drug-likeness (QED) is 0.860. The van der Waals surface area contributed by atoms with Crippen molar-refractivity contribution in [2.75, 3.05) is 36.0 Å². The maximum absolute atomic E-state index is 12.9. The van der Waals surface area contributed by atoms with Crippen molar-refractivity contribution in [3.05, 3.63) is 47.8 Å². The number of nitrogens with one attached hydrogen (secondary N) is 1. The maximum Gasteiger partial charge on any atom is 0.223 e. The van der Waals surface area contributed by atoms with Crippen molar-refractivity contribution < 1.29 is 9.18 Å². The van der Waals surface area contributed by atoms with Crippen LogP contribution >= 0.6 is 0 Å². The monoisotopic (exact) mass is 383 g/mol. The van der Waals surface area contributed by atoms with Gasteiger partial charge in [0.15, 0.2) is 11.6 Å². The second-order valence-electron chi connectivity index (χ2n) is 7.55. The van der Waals surface area contributed by atoms with E-state index in [4.69, 9.17) is 0 Å². The van der Waals surface area contributed by atoms with E-state index in [0.717, 1.165) is 56.2 Å². The number of amides is 1. The van der Waals surface area contributed by atoms with Gasteiger partial charge in [0.1, 0.15) is 5.82 Å². The minimum Gasteiger partial charge on any atom is -0.355 e. The summed E-state index contributed by atoms with van der Waals surface area (Å²) >= 11 is 0. The fraction of sp³-hybridized carbons (Fsp3) is 0.476. The molecule has 2 aromatic rings. The molecule has 0 unspecified atom stereocenters. The summed E-state index contributed by atoms with van der Waals surface area (Å²) < 4.78 is 12.9. The van der Waals surface area contributed by atoms with Crippen molar-refractivity contribution in [2.24, 2.45) is 5.92 Å². The fourth-order valence-corrected chi connectivity index (χ4v) is 3.91. The van der Waals surface area contributed by atoms with E-state index in [0.29, 0.717) is 6.54 Å². The lowest BCUT2D eigenvalue weighted by Crippen LogP contribution is -2.40. The lowest BCUT2D eigenvalue weighted by Gasteiger charge is -2.32. The third-order valence-corrected chi connectivity index (χ3v) is 5.64. The van der Waals surface area contributed by atoms with Gasteiger partial charge >= 0.3 is 0 Å². The van der Waals surface area contributed by atoms with Crippen LogP contribution in [0.5, 0.6) is 0 Å². The Kier molecular flexibility index (Phi) is 5.69. The molecule has 2 aliphatic rings. The van der Waals surface area contributed by atoms with Crippen molar-refractivity contribution in [2.45, 2.75) is 32.2 Å². The summed E-state index contributed by atoms with van der Waals surface area (Å²) in [5, 5.41) is 11.8. The van der Waals surface area contributed by atoms with E-state index >= 15 is 0 Å². The number of benzene rings is 1. The van der Waals surface area contributed by atoms with Gasteiger partial charge in [0.05, 0.1) is 0 Å². The normalized spacial score (nSPS) is 17.8. The molecular formula is C21H26FN5O. The van der Waals surface area contributed by atoms with E-state index in [1.165, 1.54) is 25.0 Å². The molecule has 1 aromatic heterocycles. The molecule has 2 aliphatic heterocycles. The second kappa shape index (κ2) is 8.54. The standard InChI is InChI=1S/C21H26FN5O/c22-18-5-3-16(4-6-18)15-23-21(28)17-9-13-27(14-10-17)20-8-7-19(24-25-20)26-11-1-2-12-26/h3-8,17H,1-2,9-15H2,(H,23,28). The summed E-state index contributed by atoms with van der Waals surface area (Å²) in [6, 6.07) is 10.3. The van der Waals surface area contributed by atoms with Crippen molar-refractivity contribution in [1.29, 1.82) is 0 Å². The largest absolute Gasteiger partial charge is 0.355 e. The summed E-state index contributed by atoms with van der Waals surface area (Å²) in [4.78, 5) is 16.9. The molecule has 2 saturated heterocycles. The van der Waals surface area contributed by atoms with E-state index in [2.05, 4.69) is 31.4 Å². The molecule has 0 spiro atoms. The summed E-state index contributed by atoms with van der Waals surface area (Å²) in [7, 11) is 0. The maximum atomic E-state index is 12.9. The fourth-order valence-electron chi connectivity index (χ4n) is 3.91. The number of nitrogens with zero attached hydrogens (tertiary/aromatic N) is 4. The average molecular weight is 383 g/mol. The molecule has 148 valence electrons. The first kappa shape index (κ1) is 18.7. The van der Waals surface area contributed by atoms with Gasteiger partial charge < -0.3 is 15.1 Å². The zero-order valence-corrected chi connectivity index (χ0v) is 16.0.